The number of carbonyl (C=O) groups is 1. The molecule has 0 aromatic carbocycles. The van der Waals surface area contributed by atoms with Gasteiger partial charge < -0.3 is 10.1 Å². The molecule has 96 valence electrons. The van der Waals surface area contributed by atoms with Gasteiger partial charge in [0.25, 0.3) is 0 Å². The standard InChI is InChI=1S/C10H18N4O2S/c1-3-4-5-8-13-14-10(17-8)12-9(15)11-6-7-16-2/h3-7H2,1-2H3,(H2,11,12,14,15). The molecular weight excluding hydrogens is 240 g/mol. The molecule has 1 aromatic rings. The number of rotatable bonds is 7. The molecule has 0 atom stereocenters. The molecule has 0 aliphatic heterocycles. The summed E-state index contributed by atoms with van der Waals surface area (Å²) >= 11 is 1.41. The minimum Gasteiger partial charge on any atom is -0.383 e. The predicted molar refractivity (Wildman–Crippen MR) is 67.4 cm³/mol. The lowest BCUT2D eigenvalue weighted by Gasteiger charge is -2.03. The van der Waals surface area contributed by atoms with E-state index in [1.807, 2.05) is 0 Å². The Hall–Kier alpha value is -1.21. The molecule has 0 saturated carbocycles. The van der Waals surface area contributed by atoms with Crippen LogP contribution in [-0.2, 0) is 11.2 Å². The average molecular weight is 258 g/mol. The Morgan fingerprint density at radius 3 is 3.00 bits per heavy atom. The molecule has 2 amide bonds. The van der Waals surface area contributed by atoms with Crippen molar-refractivity contribution in [3.05, 3.63) is 5.01 Å². The highest BCUT2D eigenvalue weighted by atomic mass is 32.1. The van der Waals surface area contributed by atoms with Gasteiger partial charge in [0.1, 0.15) is 5.01 Å². The number of hydrogen-bond donors (Lipinski definition) is 2. The number of carbonyl (C=O) groups excluding carboxylic acids is 1. The fourth-order valence-corrected chi connectivity index (χ4v) is 1.92. The van der Waals surface area contributed by atoms with E-state index in [4.69, 9.17) is 4.74 Å². The topological polar surface area (TPSA) is 76.1 Å². The zero-order valence-electron chi connectivity index (χ0n) is 10.2. The molecule has 1 rings (SSSR count). The highest BCUT2D eigenvalue weighted by Crippen LogP contribution is 2.16. The maximum absolute atomic E-state index is 11.4. The van der Waals surface area contributed by atoms with E-state index in [1.54, 1.807) is 7.11 Å². The first-order valence-electron chi connectivity index (χ1n) is 5.62. The number of nitrogens with zero attached hydrogens (tertiary/aromatic N) is 2. The molecule has 1 heterocycles. The second kappa shape index (κ2) is 7.97. The number of urea groups is 1. The molecular formula is C10H18N4O2S. The summed E-state index contributed by atoms with van der Waals surface area (Å²) < 4.78 is 4.82. The van der Waals surface area contributed by atoms with Gasteiger partial charge in [-0.05, 0) is 6.42 Å². The van der Waals surface area contributed by atoms with E-state index in [2.05, 4.69) is 27.8 Å². The maximum Gasteiger partial charge on any atom is 0.321 e. The Kier molecular flexibility index (Phi) is 6.49. The van der Waals surface area contributed by atoms with Crippen LogP contribution in [0.15, 0.2) is 0 Å². The third-order valence-electron chi connectivity index (χ3n) is 2.02. The first-order valence-corrected chi connectivity index (χ1v) is 6.44. The zero-order chi connectivity index (χ0) is 12.5. The minimum atomic E-state index is -0.278. The SMILES string of the molecule is CCCCc1nnc(NC(=O)NCCOC)s1. The van der Waals surface area contributed by atoms with Gasteiger partial charge in [-0.15, -0.1) is 10.2 Å². The summed E-state index contributed by atoms with van der Waals surface area (Å²) in [6.45, 7) is 3.10. The van der Waals surface area contributed by atoms with Gasteiger partial charge in [-0.2, -0.15) is 0 Å². The molecule has 0 saturated heterocycles. The van der Waals surface area contributed by atoms with Gasteiger partial charge in [0.15, 0.2) is 0 Å². The maximum atomic E-state index is 11.4. The number of hydrogen-bond acceptors (Lipinski definition) is 5. The summed E-state index contributed by atoms with van der Waals surface area (Å²) in [4.78, 5) is 11.4. The Morgan fingerprint density at radius 1 is 1.47 bits per heavy atom. The molecule has 2 N–H and O–H groups in total. The van der Waals surface area contributed by atoms with E-state index in [0.29, 0.717) is 18.3 Å². The molecule has 0 aliphatic rings. The smallest absolute Gasteiger partial charge is 0.321 e. The lowest BCUT2D eigenvalue weighted by Crippen LogP contribution is -2.31. The molecule has 0 bridgehead atoms. The molecule has 0 unspecified atom stereocenters. The highest BCUT2D eigenvalue weighted by molar-refractivity contribution is 7.15. The predicted octanol–water partition coefficient (Wildman–Crippen LogP) is 1.65. The van der Waals surface area contributed by atoms with Crippen molar-refractivity contribution in [3.8, 4) is 0 Å². The van der Waals surface area contributed by atoms with Gasteiger partial charge in [-0.3, -0.25) is 5.32 Å². The Bertz CT molecular complexity index is 343. The van der Waals surface area contributed by atoms with E-state index >= 15 is 0 Å². The van der Waals surface area contributed by atoms with Gasteiger partial charge in [-0.1, -0.05) is 24.7 Å². The van der Waals surface area contributed by atoms with E-state index in [9.17, 15) is 4.79 Å². The first kappa shape index (κ1) is 13.9. The second-order valence-corrected chi connectivity index (χ2v) is 4.54. The van der Waals surface area contributed by atoms with Crippen molar-refractivity contribution in [1.29, 1.82) is 0 Å². The molecule has 7 heteroatoms. The number of unbranched alkanes of at least 4 members (excludes halogenated alkanes) is 1. The van der Waals surface area contributed by atoms with Gasteiger partial charge >= 0.3 is 6.03 Å². The van der Waals surface area contributed by atoms with Gasteiger partial charge in [0.2, 0.25) is 5.13 Å². The fraction of sp³-hybridized carbons (Fsp3) is 0.700. The van der Waals surface area contributed by atoms with Crippen molar-refractivity contribution in [3.63, 3.8) is 0 Å². The van der Waals surface area contributed by atoms with Crippen molar-refractivity contribution >= 4 is 22.5 Å². The van der Waals surface area contributed by atoms with Crippen molar-refractivity contribution in [1.82, 2.24) is 15.5 Å². The van der Waals surface area contributed by atoms with Crippen LogP contribution in [0.5, 0.6) is 0 Å². The number of aromatic nitrogens is 2. The first-order chi connectivity index (χ1) is 8.26. The molecule has 1 aromatic heterocycles. The van der Waals surface area contributed by atoms with Gasteiger partial charge in [-0.25, -0.2) is 4.79 Å². The van der Waals surface area contributed by atoms with E-state index < -0.39 is 0 Å². The molecule has 6 nitrogen and oxygen atoms in total. The number of nitrogens with one attached hydrogen (secondary N) is 2. The molecule has 17 heavy (non-hydrogen) atoms. The van der Waals surface area contributed by atoms with Crippen molar-refractivity contribution in [2.45, 2.75) is 26.2 Å². The summed E-state index contributed by atoms with van der Waals surface area (Å²) in [5.74, 6) is 0. The van der Waals surface area contributed by atoms with E-state index in [1.165, 1.54) is 11.3 Å². The van der Waals surface area contributed by atoms with Crippen LogP contribution in [0.3, 0.4) is 0 Å². The molecule has 0 radical (unpaired) electrons. The lowest BCUT2D eigenvalue weighted by atomic mass is 10.3. The van der Waals surface area contributed by atoms with Crippen LogP contribution < -0.4 is 10.6 Å². The Balaban J connectivity index is 2.30. The van der Waals surface area contributed by atoms with Crippen LogP contribution in [0.25, 0.3) is 0 Å². The van der Waals surface area contributed by atoms with Crippen molar-refractivity contribution in [2.24, 2.45) is 0 Å². The number of amides is 2. The summed E-state index contributed by atoms with van der Waals surface area (Å²) in [6, 6.07) is -0.278. The van der Waals surface area contributed by atoms with Crippen LogP contribution in [0.4, 0.5) is 9.93 Å². The largest absolute Gasteiger partial charge is 0.383 e. The molecule has 0 spiro atoms. The molecule has 0 aliphatic carbocycles. The lowest BCUT2D eigenvalue weighted by molar-refractivity contribution is 0.198. The van der Waals surface area contributed by atoms with E-state index in [-0.39, 0.29) is 6.03 Å². The summed E-state index contributed by atoms with van der Waals surface area (Å²) in [5, 5.41) is 14.7. The quantitative estimate of drug-likeness (QED) is 0.729. The van der Waals surface area contributed by atoms with Gasteiger partial charge in [0.05, 0.1) is 6.61 Å². The fourth-order valence-electron chi connectivity index (χ4n) is 1.14. The minimum absolute atomic E-state index is 0.278. The monoisotopic (exact) mass is 258 g/mol. The highest BCUT2D eigenvalue weighted by Gasteiger charge is 2.06. The second-order valence-electron chi connectivity index (χ2n) is 3.48. The third kappa shape index (κ3) is 5.60. The summed E-state index contributed by atoms with van der Waals surface area (Å²) in [5.41, 5.74) is 0. The van der Waals surface area contributed by atoms with Crippen molar-refractivity contribution in [2.75, 3.05) is 25.6 Å². The molecule has 0 fully saturated rings. The zero-order valence-corrected chi connectivity index (χ0v) is 11.0. The van der Waals surface area contributed by atoms with Crippen LogP contribution in [0.2, 0.25) is 0 Å². The van der Waals surface area contributed by atoms with Crippen LogP contribution >= 0.6 is 11.3 Å². The average Bonchev–Trinajstić information content (AvgIpc) is 2.74. The van der Waals surface area contributed by atoms with Crippen LogP contribution in [0.1, 0.15) is 24.8 Å². The number of methoxy groups -OCH3 is 1. The number of anilines is 1. The van der Waals surface area contributed by atoms with Crippen molar-refractivity contribution < 1.29 is 9.53 Å². The summed E-state index contributed by atoms with van der Waals surface area (Å²) in [7, 11) is 1.59. The Labute approximate surface area is 105 Å². The van der Waals surface area contributed by atoms with E-state index in [0.717, 1.165) is 24.3 Å². The normalized spacial score (nSPS) is 10.2. The number of ether oxygens (including phenoxy) is 1. The van der Waals surface area contributed by atoms with Crippen LogP contribution in [0, 0.1) is 0 Å². The van der Waals surface area contributed by atoms with Crippen LogP contribution in [-0.4, -0.2) is 36.5 Å². The Morgan fingerprint density at radius 2 is 2.29 bits per heavy atom. The summed E-state index contributed by atoms with van der Waals surface area (Å²) in [6.07, 6.45) is 3.13. The number of aryl methyl sites for hydroxylation is 1. The van der Waals surface area contributed by atoms with Gasteiger partial charge in [0, 0.05) is 20.1 Å². The third-order valence-corrected chi connectivity index (χ3v) is 2.92.